The van der Waals surface area contributed by atoms with Gasteiger partial charge in [-0.25, -0.2) is 8.42 Å². The smallest absolute Gasteiger partial charge is 0.270 e. The van der Waals surface area contributed by atoms with E-state index in [2.05, 4.69) is 6.92 Å². The number of thiophene rings is 1. The van der Waals surface area contributed by atoms with E-state index in [-0.39, 0.29) is 16.5 Å². The van der Waals surface area contributed by atoms with Crippen LogP contribution in [0.5, 0.6) is 0 Å². The summed E-state index contributed by atoms with van der Waals surface area (Å²) in [6.07, 6.45) is 1.42. The van der Waals surface area contributed by atoms with E-state index in [4.69, 9.17) is 10.7 Å². The van der Waals surface area contributed by atoms with Gasteiger partial charge < -0.3 is 4.90 Å². The number of amides is 1. The summed E-state index contributed by atoms with van der Waals surface area (Å²) < 4.78 is 22.4. The van der Waals surface area contributed by atoms with Crippen LogP contribution in [0.2, 0.25) is 0 Å². The van der Waals surface area contributed by atoms with Crippen molar-refractivity contribution in [3.05, 3.63) is 17.0 Å². The fourth-order valence-corrected chi connectivity index (χ4v) is 4.09. The molecule has 1 amide bonds. The zero-order valence-electron chi connectivity index (χ0n) is 10.8. The Morgan fingerprint density at radius 3 is 2.63 bits per heavy atom. The highest BCUT2D eigenvalue weighted by Gasteiger charge is 2.34. The molecule has 0 saturated heterocycles. The lowest BCUT2D eigenvalue weighted by Crippen LogP contribution is -2.30. The summed E-state index contributed by atoms with van der Waals surface area (Å²) in [5, 5.41) is 0. The van der Waals surface area contributed by atoms with Crippen molar-refractivity contribution in [2.24, 2.45) is 11.8 Å². The lowest BCUT2D eigenvalue weighted by Gasteiger charge is -2.16. The number of nitrogens with zero attached hydrogens (tertiary/aromatic N) is 1. The van der Waals surface area contributed by atoms with E-state index in [9.17, 15) is 13.2 Å². The van der Waals surface area contributed by atoms with E-state index in [1.807, 2.05) is 0 Å². The average Bonchev–Trinajstić information content (AvgIpc) is 2.78. The van der Waals surface area contributed by atoms with Gasteiger partial charge in [0, 0.05) is 29.2 Å². The number of halogens is 1. The lowest BCUT2D eigenvalue weighted by atomic mass is 10.3. The third-order valence-electron chi connectivity index (χ3n) is 3.41. The molecule has 2 unspecified atom stereocenters. The van der Waals surface area contributed by atoms with Gasteiger partial charge in [0.05, 0.1) is 6.42 Å². The molecule has 106 valence electrons. The molecule has 0 N–H and O–H groups in total. The van der Waals surface area contributed by atoms with Gasteiger partial charge in [0.25, 0.3) is 9.05 Å². The Labute approximate surface area is 121 Å². The third kappa shape index (κ3) is 3.94. The minimum atomic E-state index is -3.69. The van der Waals surface area contributed by atoms with Crippen molar-refractivity contribution >= 4 is 37.0 Å². The van der Waals surface area contributed by atoms with Gasteiger partial charge in [-0.2, -0.15) is 0 Å². The number of carbonyl (C=O) groups excluding carboxylic acids is 1. The zero-order valence-corrected chi connectivity index (χ0v) is 13.2. The maximum Gasteiger partial charge on any atom is 0.270 e. The molecule has 2 atom stereocenters. The number of hydrogen-bond acceptors (Lipinski definition) is 4. The highest BCUT2D eigenvalue weighted by Crippen LogP contribution is 2.38. The Morgan fingerprint density at radius 2 is 2.16 bits per heavy atom. The second-order valence-electron chi connectivity index (χ2n) is 5.08. The SMILES string of the molecule is CC1CC1CN(C)C(=O)Cc1ccc(S(=O)(=O)Cl)s1. The lowest BCUT2D eigenvalue weighted by molar-refractivity contribution is -0.129. The summed E-state index contributed by atoms with van der Waals surface area (Å²) in [5.74, 6) is 1.35. The maximum atomic E-state index is 12.0. The Morgan fingerprint density at radius 1 is 1.53 bits per heavy atom. The minimum absolute atomic E-state index is 0.0134. The van der Waals surface area contributed by atoms with Crippen molar-refractivity contribution in [2.45, 2.75) is 24.0 Å². The van der Waals surface area contributed by atoms with Gasteiger partial charge in [-0.15, -0.1) is 11.3 Å². The molecule has 1 aromatic heterocycles. The number of hydrogen-bond donors (Lipinski definition) is 0. The van der Waals surface area contributed by atoms with Crippen molar-refractivity contribution in [1.82, 2.24) is 4.90 Å². The first kappa shape index (κ1) is 14.8. The summed E-state index contributed by atoms with van der Waals surface area (Å²) in [7, 11) is 3.35. The van der Waals surface area contributed by atoms with Crippen LogP contribution in [0.1, 0.15) is 18.2 Å². The second-order valence-corrected chi connectivity index (χ2v) is 9.04. The minimum Gasteiger partial charge on any atom is -0.345 e. The van der Waals surface area contributed by atoms with E-state index < -0.39 is 9.05 Å². The van der Waals surface area contributed by atoms with Gasteiger partial charge >= 0.3 is 0 Å². The Hall–Kier alpha value is -0.590. The highest BCUT2D eigenvalue weighted by atomic mass is 35.7. The Kier molecular flexibility index (Phi) is 4.23. The monoisotopic (exact) mass is 321 g/mol. The molecule has 0 aromatic carbocycles. The van der Waals surface area contributed by atoms with Crippen LogP contribution in [0.4, 0.5) is 0 Å². The quantitative estimate of drug-likeness (QED) is 0.782. The Balaban J connectivity index is 1.93. The third-order valence-corrected chi connectivity index (χ3v) is 6.59. The van der Waals surface area contributed by atoms with E-state index in [1.165, 1.54) is 12.5 Å². The van der Waals surface area contributed by atoms with Gasteiger partial charge in [0.1, 0.15) is 4.21 Å². The molecule has 1 aromatic rings. The summed E-state index contributed by atoms with van der Waals surface area (Å²) >= 11 is 1.05. The zero-order chi connectivity index (χ0) is 14.2. The van der Waals surface area contributed by atoms with Crippen molar-refractivity contribution in [1.29, 1.82) is 0 Å². The largest absolute Gasteiger partial charge is 0.345 e. The molecule has 7 heteroatoms. The first-order valence-corrected chi connectivity index (χ1v) is 9.17. The topological polar surface area (TPSA) is 54.5 Å². The van der Waals surface area contributed by atoms with E-state index in [0.717, 1.165) is 22.8 Å². The van der Waals surface area contributed by atoms with Crippen LogP contribution in [-0.2, 0) is 20.3 Å². The van der Waals surface area contributed by atoms with Gasteiger partial charge in [-0.1, -0.05) is 6.92 Å². The van der Waals surface area contributed by atoms with Crippen molar-refractivity contribution < 1.29 is 13.2 Å². The van der Waals surface area contributed by atoms with E-state index in [1.54, 1.807) is 18.0 Å². The Bertz CT molecular complexity index is 582. The van der Waals surface area contributed by atoms with Crippen molar-refractivity contribution in [3.63, 3.8) is 0 Å². The van der Waals surface area contributed by atoms with Crippen LogP contribution < -0.4 is 0 Å². The molecule has 1 fully saturated rings. The summed E-state index contributed by atoms with van der Waals surface area (Å²) in [6, 6.07) is 3.09. The molecule has 0 bridgehead atoms. The summed E-state index contributed by atoms with van der Waals surface area (Å²) in [6.45, 7) is 2.96. The van der Waals surface area contributed by atoms with Gasteiger partial charge in [0.2, 0.25) is 5.91 Å². The molecule has 1 aliphatic carbocycles. The van der Waals surface area contributed by atoms with Crippen LogP contribution in [-0.4, -0.2) is 32.8 Å². The van der Waals surface area contributed by atoms with Crippen LogP contribution in [0.15, 0.2) is 16.3 Å². The van der Waals surface area contributed by atoms with Crippen molar-refractivity contribution in [3.8, 4) is 0 Å². The number of likely N-dealkylation sites (N-methyl/N-ethyl adjacent to an activating group) is 1. The first-order chi connectivity index (χ1) is 8.77. The average molecular weight is 322 g/mol. The molecule has 1 aliphatic rings. The van der Waals surface area contributed by atoms with Gasteiger partial charge in [0.15, 0.2) is 0 Å². The maximum absolute atomic E-state index is 12.0. The summed E-state index contributed by atoms with van der Waals surface area (Å²) in [4.78, 5) is 14.4. The molecule has 4 nitrogen and oxygen atoms in total. The first-order valence-electron chi connectivity index (χ1n) is 6.04. The number of carbonyl (C=O) groups is 1. The fourth-order valence-electron chi connectivity index (χ4n) is 1.98. The molecule has 2 rings (SSSR count). The number of rotatable bonds is 5. The van der Waals surface area contributed by atoms with Gasteiger partial charge in [-0.05, 0) is 30.4 Å². The normalized spacial score (nSPS) is 22.3. The molecular formula is C12H16ClNO3S2. The molecule has 0 spiro atoms. The van der Waals surface area contributed by atoms with Crippen LogP contribution in [0.3, 0.4) is 0 Å². The molecule has 0 aliphatic heterocycles. The molecule has 0 radical (unpaired) electrons. The van der Waals surface area contributed by atoms with Gasteiger partial charge in [-0.3, -0.25) is 4.79 Å². The highest BCUT2D eigenvalue weighted by molar-refractivity contribution is 8.15. The standard InChI is InChI=1S/C12H16ClNO3S2/c1-8-5-9(8)7-14(2)11(15)6-10-3-4-12(18-10)19(13,16)17/h3-4,8-9H,5-7H2,1-2H3. The molecular weight excluding hydrogens is 306 g/mol. The van der Waals surface area contributed by atoms with Crippen LogP contribution in [0.25, 0.3) is 0 Å². The molecule has 1 saturated carbocycles. The predicted molar refractivity (Wildman–Crippen MR) is 76.0 cm³/mol. The summed E-state index contributed by atoms with van der Waals surface area (Å²) in [5.41, 5.74) is 0. The molecule has 1 heterocycles. The van der Waals surface area contributed by atoms with E-state index in [0.29, 0.717) is 11.8 Å². The van der Waals surface area contributed by atoms with Crippen LogP contribution >= 0.6 is 22.0 Å². The second kappa shape index (κ2) is 5.42. The predicted octanol–water partition coefficient (Wildman–Crippen LogP) is 2.33. The van der Waals surface area contributed by atoms with E-state index >= 15 is 0 Å². The fraction of sp³-hybridized carbons (Fsp3) is 0.583. The van der Waals surface area contributed by atoms with Crippen molar-refractivity contribution in [2.75, 3.05) is 13.6 Å². The van der Waals surface area contributed by atoms with Crippen LogP contribution in [0, 0.1) is 11.8 Å². The molecule has 19 heavy (non-hydrogen) atoms.